The van der Waals surface area contributed by atoms with Gasteiger partial charge in [-0.25, -0.2) is 0 Å². The number of phenols is 1. The molecule has 1 aromatic rings. The van der Waals surface area contributed by atoms with Crippen molar-refractivity contribution in [2.75, 3.05) is 39.4 Å². The Labute approximate surface area is 378 Å². The summed E-state index contributed by atoms with van der Waals surface area (Å²) in [5.41, 5.74) is 15.9. The van der Waals surface area contributed by atoms with Crippen molar-refractivity contribution in [2.45, 2.75) is 167 Å². The van der Waals surface area contributed by atoms with Crippen LogP contribution in [0.25, 0.3) is 0 Å². The Kier molecular flexibility index (Phi) is 19.9. The number of aliphatic hydroxyl groups is 5. The van der Waals surface area contributed by atoms with Crippen LogP contribution in [0.5, 0.6) is 11.5 Å². The Balaban J connectivity index is 0.899. The number of allylic oxidation sites excluding steroid dienone is 1. The lowest BCUT2D eigenvalue weighted by atomic mass is 9.77. The van der Waals surface area contributed by atoms with E-state index in [4.69, 9.17) is 25.9 Å². The highest BCUT2D eigenvalue weighted by atomic mass is 16.5. The van der Waals surface area contributed by atoms with Gasteiger partial charge in [0.1, 0.15) is 30.4 Å². The molecule has 5 aliphatic rings. The number of nitrogens with two attached hydrogens (primary N) is 2. The molecule has 0 saturated heterocycles. The van der Waals surface area contributed by atoms with Crippen LogP contribution in [0.3, 0.4) is 0 Å². The molecule has 0 aromatic heterocycles. The van der Waals surface area contributed by atoms with Gasteiger partial charge in [0.15, 0.2) is 23.6 Å². The van der Waals surface area contributed by atoms with Gasteiger partial charge in [-0.3, -0.25) is 4.99 Å². The quantitative estimate of drug-likeness (QED) is 0.0164. The normalized spacial score (nSPS) is 24.9. The molecule has 3 saturated carbocycles. The highest BCUT2D eigenvalue weighted by molar-refractivity contribution is 6.03. The maximum absolute atomic E-state index is 11.3. The average molecular weight is 876 g/mol. The zero-order chi connectivity index (χ0) is 44.6. The minimum absolute atomic E-state index is 0.0143. The lowest BCUT2D eigenvalue weighted by Crippen LogP contribution is -2.41. The molecule has 12 heteroatoms. The van der Waals surface area contributed by atoms with Crippen molar-refractivity contribution >= 4 is 11.7 Å². The molecule has 1 aromatic carbocycles. The monoisotopic (exact) mass is 876 g/mol. The van der Waals surface area contributed by atoms with E-state index in [1.54, 1.807) is 13.0 Å². The van der Waals surface area contributed by atoms with Gasteiger partial charge in [-0.1, -0.05) is 70.8 Å². The van der Waals surface area contributed by atoms with Gasteiger partial charge in [0.25, 0.3) is 0 Å². The molecule has 3 aliphatic carbocycles. The fourth-order valence-electron chi connectivity index (χ4n) is 11.0. The van der Waals surface area contributed by atoms with Gasteiger partial charge < -0.3 is 52.0 Å². The number of nitrogens with one attached hydrogen (secondary N) is 2. The molecular formula is C51H83N6O6+. The first kappa shape index (κ1) is 49.2. The van der Waals surface area contributed by atoms with E-state index in [2.05, 4.69) is 34.7 Å². The van der Waals surface area contributed by atoms with Crippen LogP contribution in [0.4, 0.5) is 0 Å². The summed E-state index contributed by atoms with van der Waals surface area (Å²) in [6.45, 7) is 6.93. The molecule has 12 nitrogen and oxygen atoms in total. The maximum atomic E-state index is 11.3. The average Bonchev–Trinajstić information content (AvgIpc) is 4.02. The fourth-order valence-corrected chi connectivity index (χ4v) is 11.0. The standard InChI is InChI=1S/C51H82N6O6/c1-34(29-55-51(53)56-40-14-4-3-5-15-40)10-8-12-36(24-25-52)11-6-7-17-49-39(32-58)27-41(63-49)21-18-37-19-23-47(60)50(26-37)62-33-48(61)46-28-43-44(31-54-30-35(2)59)42-16-9-13-38(42)20-22-45(43)57-46/h19,23,26-28,34-36,38,40,42,44,48-49,54,58-59,61,63H,3-18,20-22,24-25,29-33,52H2,1-2H3,(H3-,53,55,56,60)/p+1. The maximum Gasteiger partial charge on any atom is 0.208 e. The van der Waals surface area contributed by atoms with Gasteiger partial charge in [-0.05, 0) is 113 Å². The topological polar surface area (TPSA) is 204 Å². The van der Waals surface area contributed by atoms with Crippen LogP contribution in [0.2, 0.25) is 0 Å². The van der Waals surface area contributed by atoms with Crippen molar-refractivity contribution in [3.63, 3.8) is 0 Å². The molecule has 2 heterocycles. The number of nitrogens with zero attached hydrogens (tertiary/aromatic N) is 2. The van der Waals surface area contributed by atoms with E-state index in [1.165, 1.54) is 76.5 Å². The predicted molar refractivity (Wildman–Crippen MR) is 254 cm³/mol. The summed E-state index contributed by atoms with van der Waals surface area (Å²) < 4.78 is 11.1. The summed E-state index contributed by atoms with van der Waals surface area (Å²) in [4.78, 5) is 9.58. The fraction of sp³-hybridized carbons (Fsp3) is 0.725. The zero-order valence-corrected chi connectivity index (χ0v) is 38.7. The minimum atomic E-state index is -0.929. The summed E-state index contributed by atoms with van der Waals surface area (Å²) in [5, 5.41) is 48.9. The van der Waals surface area contributed by atoms with E-state index in [1.807, 2.05) is 12.1 Å². The molecule has 11 N–H and O–H groups in total. The van der Waals surface area contributed by atoms with Gasteiger partial charge in [0.05, 0.1) is 18.1 Å². The molecule has 0 bridgehead atoms. The summed E-state index contributed by atoms with van der Waals surface area (Å²) in [6.07, 6.45) is 26.2. The van der Waals surface area contributed by atoms with Crippen LogP contribution in [0, 0.1) is 41.6 Å². The van der Waals surface area contributed by atoms with Crippen molar-refractivity contribution < 1.29 is 29.9 Å². The highest BCUT2D eigenvalue weighted by Gasteiger charge is 2.49. The van der Waals surface area contributed by atoms with Crippen LogP contribution in [-0.2, 0) is 6.42 Å². The third-order valence-corrected chi connectivity index (χ3v) is 14.6. The second-order valence-corrected chi connectivity index (χ2v) is 19.7. The first-order valence-corrected chi connectivity index (χ1v) is 24.9. The van der Waals surface area contributed by atoms with Crippen LogP contribution in [0.1, 0.15) is 141 Å². The zero-order valence-electron chi connectivity index (χ0n) is 38.7. The van der Waals surface area contributed by atoms with Crippen molar-refractivity contribution in [3.05, 3.63) is 59.2 Å². The first-order valence-electron chi connectivity index (χ1n) is 24.9. The number of aromatic hydroxyl groups is 1. The van der Waals surface area contributed by atoms with Gasteiger partial charge in [-0.2, -0.15) is 0 Å². The van der Waals surface area contributed by atoms with E-state index >= 15 is 0 Å². The Morgan fingerprint density at radius 2 is 1.86 bits per heavy atom. The SMILES string of the molecule is CC(O)CNCC1[C+]2C=C(C(O)COc3cc(CC[C-]4C=C(CO)C(CCCCC(CCN)CCCC(C)CN=C(N)NC5CCCCC5)[OH+]4)ccc3O)N=C2CCC2CCCC21. The molecule has 3 fully saturated rings. The lowest BCUT2D eigenvalue weighted by molar-refractivity contribution is -0.0553. The van der Waals surface area contributed by atoms with E-state index in [9.17, 15) is 20.4 Å². The van der Waals surface area contributed by atoms with E-state index in [0.29, 0.717) is 66.0 Å². The van der Waals surface area contributed by atoms with Crippen molar-refractivity contribution in [1.82, 2.24) is 10.6 Å². The molecule has 352 valence electrons. The Morgan fingerprint density at radius 3 is 2.65 bits per heavy atom. The number of aliphatic hydroxyl groups excluding tert-OH is 3. The molecule has 0 spiro atoms. The number of hydrogen-bond acceptors (Lipinski definition) is 9. The summed E-state index contributed by atoms with van der Waals surface area (Å²) in [5.74, 6) is 4.95. The number of aryl methyl sites for hydroxylation is 1. The highest BCUT2D eigenvalue weighted by Crippen LogP contribution is 2.48. The molecule has 63 heavy (non-hydrogen) atoms. The van der Waals surface area contributed by atoms with Crippen molar-refractivity contribution in [1.29, 1.82) is 0 Å². The summed E-state index contributed by atoms with van der Waals surface area (Å²) in [6, 6.07) is 5.89. The number of ether oxygens (including phenoxy) is 2. The first-order chi connectivity index (χ1) is 30.6. The molecule has 6 rings (SSSR count). The third kappa shape index (κ3) is 15.1. The van der Waals surface area contributed by atoms with Crippen molar-refractivity contribution in [2.24, 2.45) is 51.0 Å². The number of rotatable bonds is 26. The van der Waals surface area contributed by atoms with Crippen LogP contribution >= 0.6 is 0 Å². The van der Waals surface area contributed by atoms with Crippen LogP contribution < -0.4 is 26.8 Å². The smallest absolute Gasteiger partial charge is 0.208 e. The number of fused-ring (bicyclic) bond motifs is 2. The summed E-state index contributed by atoms with van der Waals surface area (Å²) in [7, 11) is 0. The Bertz CT molecular complexity index is 1660. The molecule has 0 amide bonds. The van der Waals surface area contributed by atoms with E-state index < -0.39 is 12.2 Å². The number of guanidine groups is 1. The van der Waals surface area contributed by atoms with Crippen LogP contribution in [-0.4, -0.2) is 101 Å². The Hall–Kier alpha value is -3.26. The van der Waals surface area contributed by atoms with Gasteiger partial charge >= 0.3 is 0 Å². The van der Waals surface area contributed by atoms with Gasteiger partial charge in [0, 0.05) is 45.1 Å². The van der Waals surface area contributed by atoms with E-state index in [-0.39, 0.29) is 25.1 Å². The Morgan fingerprint density at radius 1 is 1.03 bits per heavy atom. The molecule has 8 atom stereocenters. The minimum Gasteiger partial charge on any atom is -0.504 e. The largest absolute Gasteiger partial charge is 0.504 e. The molecular weight excluding hydrogens is 793 g/mol. The number of unbranched alkanes of at least 4 members (excludes halogenated alkanes) is 1. The second kappa shape index (κ2) is 25.4. The second-order valence-electron chi connectivity index (χ2n) is 19.7. The summed E-state index contributed by atoms with van der Waals surface area (Å²) >= 11 is 0. The lowest BCUT2D eigenvalue weighted by Gasteiger charge is -2.26. The van der Waals surface area contributed by atoms with Crippen molar-refractivity contribution in [3.8, 4) is 11.5 Å². The number of hydrogen-bond donors (Lipinski definition) is 8. The van der Waals surface area contributed by atoms with Gasteiger partial charge in [0.2, 0.25) is 5.70 Å². The number of aliphatic imine (C=N–C) groups is 2. The molecule has 2 aliphatic heterocycles. The molecule has 0 radical (unpaired) electrons. The number of benzene rings is 1. The van der Waals surface area contributed by atoms with E-state index in [0.717, 1.165) is 94.0 Å². The predicted octanol–water partition coefficient (Wildman–Crippen LogP) is 6.70. The van der Waals surface area contributed by atoms with Gasteiger partial charge in [-0.15, -0.1) is 16.6 Å². The third-order valence-electron chi connectivity index (χ3n) is 14.6. The van der Waals surface area contributed by atoms with Crippen LogP contribution in [0.15, 0.2) is 51.6 Å². The molecule has 8 unspecified atom stereocenters. The number of phenolic OH excluding ortho intramolecular Hbond substituents is 1.